The lowest BCUT2D eigenvalue weighted by molar-refractivity contribution is 0.0935. The Morgan fingerprint density at radius 2 is 1.75 bits per heavy atom. The molecule has 2 aromatic carbocycles. The zero-order chi connectivity index (χ0) is 23.1. The number of nitrogens with zero attached hydrogens (tertiary/aromatic N) is 2. The first-order valence-electron chi connectivity index (χ1n) is 10.4. The van der Waals surface area contributed by atoms with Crippen molar-refractivity contribution in [2.24, 2.45) is 0 Å². The molecule has 0 spiro atoms. The van der Waals surface area contributed by atoms with E-state index in [1.165, 1.54) is 11.3 Å². The number of thiazole rings is 1. The largest absolute Gasteiger partial charge is 0.497 e. The fourth-order valence-electron chi connectivity index (χ4n) is 3.09. The number of nitrogens with one attached hydrogen (secondary N) is 2. The zero-order valence-corrected chi connectivity index (χ0v) is 19.5. The summed E-state index contributed by atoms with van der Waals surface area (Å²) in [5.74, 6) is 0.488. The highest BCUT2D eigenvalue weighted by Gasteiger charge is 2.21. The van der Waals surface area contributed by atoms with Crippen LogP contribution in [0.3, 0.4) is 0 Å². The van der Waals surface area contributed by atoms with Crippen molar-refractivity contribution in [3.63, 3.8) is 0 Å². The van der Waals surface area contributed by atoms with E-state index < -0.39 is 0 Å². The number of hydrogen-bond acceptors (Lipinski definition) is 5. The van der Waals surface area contributed by atoms with Gasteiger partial charge in [0, 0.05) is 17.1 Å². The van der Waals surface area contributed by atoms with Gasteiger partial charge in [0.05, 0.1) is 19.7 Å². The minimum atomic E-state index is -0.234. The minimum Gasteiger partial charge on any atom is -0.497 e. The maximum Gasteiger partial charge on any atom is 0.322 e. The van der Waals surface area contributed by atoms with Crippen LogP contribution in [0.1, 0.15) is 47.9 Å². The van der Waals surface area contributed by atoms with E-state index in [0.29, 0.717) is 22.9 Å². The molecule has 168 valence electrons. The van der Waals surface area contributed by atoms with Gasteiger partial charge in [-0.15, -0.1) is 11.3 Å². The Labute approximate surface area is 192 Å². The molecule has 32 heavy (non-hydrogen) atoms. The molecular formula is C24H28N4O3S. The van der Waals surface area contributed by atoms with E-state index in [1.54, 1.807) is 41.7 Å². The Morgan fingerprint density at radius 1 is 1.06 bits per heavy atom. The third-order valence-corrected chi connectivity index (χ3v) is 5.80. The van der Waals surface area contributed by atoms with Crippen LogP contribution in [0.5, 0.6) is 5.75 Å². The number of aromatic nitrogens is 1. The standard InChI is InChI=1S/C24H28N4O3S/c1-16(2)28(24(30)26-19-10-12-20(31-4)13-11-19)14-22-27-21(15-32-22)23(29)25-17(3)18-8-6-5-7-9-18/h5-13,15-17H,14H2,1-4H3,(H,25,29)(H,26,30). The highest BCUT2D eigenvalue weighted by Crippen LogP contribution is 2.19. The van der Waals surface area contributed by atoms with Crippen LogP contribution in [-0.2, 0) is 6.54 Å². The number of carbonyl (C=O) groups is 2. The van der Waals surface area contributed by atoms with Crippen molar-refractivity contribution >= 4 is 29.0 Å². The Balaban J connectivity index is 1.63. The van der Waals surface area contributed by atoms with Gasteiger partial charge in [-0.3, -0.25) is 4.79 Å². The smallest absolute Gasteiger partial charge is 0.322 e. The number of ether oxygens (including phenoxy) is 1. The van der Waals surface area contributed by atoms with Crippen LogP contribution in [0, 0.1) is 0 Å². The number of urea groups is 1. The zero-order valence-electron chi connectivity index (χ0n) is 18.7. The summed E-state index contributed by atoms with van der Waals surface area (Å²) in [4.78, 5) is 31.6. The van der Waals surface area contributed by atoms with Crippen LogP contribution in [0.15, 0.2) is 60.0 Å². The molecule has 1 unspecified atom stereocenters. The molecule has 3 amide bonds. The van der Waals surface area contributed by atoms with Crippen LogP contribution >= 0.6 is 11.3 Å². The van der Waals surface area contributed by atoms with Crippen LogP contribution in [0.25, 0.3) is 0 Å². The fraction of sp³-hybridized carbons (Fsp3) is 0.292. The number of benzene rings is 2. The van der Waals surface area contributed by atoms with Gasteiger partial charge in [-0.25, -0.2) is 9.78 Å². The highest BCUT2D eigenvalue weighted by atomic mass is 32.1. The van der Waals surface area contributed by atoms with E-state index in [0.717, 1.165) is 11.3 Å². The van der Waals surface area contributed by atoms with Gasteiger partial charge in [0.15, 0.2) is 0 Å². The van der Waals surface area contributed by atoms with Gasteiger partial charge in [0.1, 0.15) is 16.5 Å². The summed E-state index contributed by atoms with van der Waals surface area (Å²) in [6.45, 7) is 6.13. The van der Waals surface area contributed by atoms with Gasteiger partial charge in [-0.2, -0.15) is 0 Å². The summed E-state index contributed by atoms with van der Waals surface area (Å²) in [6.07, 6.45) is 0. The molecule has 1 aromatic heterocycles. The molecule has 0 fully saturated rings. The lowest BCUT2D eigenvalue weighted by Gasteiger charge is -2.26. The second-order valence-electron chi connectivity index (χ2n) is 7.61. The Bertz CT molecular complexity index is 1030. The molecule has 1 atom stereocenters. The highest BCUT2D eigenvalue weighted by molar-refractivity contribution is 7.09. The third-order valence-electron chi connectivity index (χ3n) is 4.96. The Kier molecular flexibility index (Phi) is 7.83. The van der Waals surface area contributed by atoms with Gasteiger partial charge in [-0.05, 0) is 50.6 Å². The van der Waals surface area contributed by atoms with Crippen molar-refractivity contribution in [1.29, 1.82) is 0 Å². The van der Waals surface area contributed by atoms with Crippen LogP contribution in [-0.4, -0.2) is 35.0 Å². The molecule has 3 aromatic rings. The van der Waals surface area contributed by atoms with Gasteiger partial charge in [-0.1, -0.05) is 30.3 Å². The molecule has 0 aliphatic carbocycles. The number of anilines is 1. The molecule has 0 saturated carbocycles. The fourth-order valence-corrected chi connectivity index (χ4v) is 3.86. The molecule has 0 bridgehead atoms. The van der Waals surface area contributed by atoms with Crippen molar-refractivity contribution < 1.29 is 14.3 Å². The van der Waals surface area contributed by atoms with Crippen molar-refractivity contribution in [2.45, 2.75) is 39.4 Å². The molecule has 8 heteroatoms. The predicted octanol–water partition coefficient (Wildman–Crippen LogP) is 5.09. The van der Waals surface area contributed by atoms with E-state index in [9.17, 15) is 9.59 Å². The number of rotatable bonds is 8. The van der Waals surface area contributed by atoms with Crippen LogP contribution < -0.4 is 15.4 Å². The molecule has 0 aliphatic heterocycles. The number of amides is 3. The quantitative estimate of drug-likeness (QED) is 0.499. The molecule has 3 rings (SSSR count). The second-order valence-corrected chi connectivity index (χ2v) is 8.56. The number of hydrogen-bond donors (Lipinski definition) is 2. The average molecular weight is 453 g/mol. The molecule has 0 radical (unpaired) electrons. The third kappa shape index (κ3) is 6.07. The maximum atomic E-state index is 12.8. The molecule has 2 N–H and O–H groups in total. The Hall–Kier alpha value is -3.39. The van der Waals surface area contributed by atoms with E-state index >= 15 is 0 Å². The lowest BCUT2D eigenvalue weighted by atomic mass is 10.1. The lowest BCUT2D eigenvalue weighted by Crippen LogP contribution is -2.39. The van der Waals surface area contributed by atoms with E-state index in [1.807, 2.05) is 51.1 Å². The maximum absolute atomic E-state index is 12.8. The molecular weight excluding hydrogens is 424 g/mol. The van der Waals surface area contributed by atoms with E-state index in [4.69, 9.17) is 4.74 Å². The molecule has 7 nitrogen and oxygen atoms in total. The van der Waals surface area contributed by atoms with Gasteiger partial charge in [0.2, 0.25) is 0 Å². The first-order chi connectivity index (χ1) is 15.4. The minimum absolute atomic E-state index is 0.0486. The summed E-state index contributed by atoms with van der Waals surface area (Å²) in [5.41, 5.74) is 2.06. The monoisotopic (exact) mass is 452 g/mol. The van der Waals surface area contributed by atoms with Crippen LogP contribution in [0.4, 0.5) is 10.5 Å². The normalized spacial score (nSPS) is 11.7. The summed E-state index contributed by atoms with van der Waals surface area (Å²) in [7, 11) is 1.60. The summed E-state index contributed by atoms with van der Waals surface area (Å²) < 4.78 is 5.15. The van der Waals surface area contributed by atoms with Crippen molar-refractivity contribution in [3.05, 3.63) is 76.2 Å². The van der Waals surface area contributed by atoms with E-state index in [2.05, 4.69) is 15.6 Å². The van der Waals surface area contributed by atoms with Gasteiger partial charge >= 0.3 is 6.03 Å². The number of carbonyl (C=O) groups excluding carboxylic acids is 2. The van der Waals surface area contributed by atoms with E-state index in [-0.39, 0.29) is 24.0 Å². The van der Waals surface area contributed by atoms with Crippen LogP contribution in [0.2, 0.25) is 0 Å². The molecule has 1 heterocycles. The first-order valence-corrected chi connectivity index (χ1v) is 11.3. The second kappa shape index (κ2) is 10.8. The number of methoxy groups -OCH3 is 1. The summed E-state index contributed by atoms with van der Waals surface area (Å²) in [6, 6.07) is 16.5. The summed E-state index contributed by atoms with van der Waals surface area (Å²) in [5, 5.41) is 8.29. The van der Waals surface area contributed by atoms with Crippen molar-refractivity contribution in [1.82, 2.24) is 15.2 Å². The molecule has 0 aliphatic rings. The van der Waals surface area contributed by atoms with Crippen molar-refractivity contribution in [2.75, 3.05) is 12.4 Å². The predicted molar refractivity (Wildman–Crippen MR) is 127 cm³/mol. The Morgan fingerprint density at radius 3 is 2.38 bits per heavy atom. The summed E-state index contributed by atoms with van der Waals surface area (Å²) >= 11 is 1.37. The molecule has 0 saturated heterocycles. The first kappa shape index (κ1) is 23.3. The van der Waals surface area contributed by atoms with Gasteiger partial charge < -0.3 is 20.3 Å². The topological polar surface area (TPSA) is 83.6 Å². The van der Waals surface area contributed by atoms with Gasteiger partial charge in [0.25, 0.3) is 5.91 Å². The van der Waals surface area contributed by atoms with Crippen molar-refractivity contribution in [3.8, 4) is 5.75 Å². The SMILES string of the molecule is COc1ccc(NC(=O)N(Cc2nc(C(=O)NC(C)c3ccccc3)cs2)C(C)C)cc1. The average Bonchev–Trinajstić information content (AvgIpc) is 3.27.